The van der Waals surface area contributed by atoms with Gasteiger partial charge in [-0.25, -0.2) is 13.5 Å². The van der Waals surface area contributed by atoms with Crippen LogP contribution in [0.1, 0.15) is 43.8 Å². The van der Waals surface area contributed by atoms with Gasteiger partial charge in [0.15, 0.2) is 0 Å². The minimum Gasteiger partial charge on any atom is -0.367 e. The lowest BCUT2D eigenvalue weighted by atomic mass is 9.86. The number of alkyl halides is 2. The lowest BCUT2D eigenvalue weighted by molar-refractivity contribution is -0.139. The van der Waals surface area contributed by atoms with Crippen LogP contribution in [0.2, 0.25) is 0 Å². The van der Waals surface area contributed by atoms with Gasteiger partial charge in [0.1, 0.15) is 11.9 Å². The van der Waals surface area contributed by atoms with Crippen LogP contribution in [-0.2, 0) is 9.59 Å². The number of nitrogens with zero attached hydrogens (tertiary/aromatic N) is 4. The van der Waals surface area contributed by atoms with Crippen molar-refractivity contribution in [1.82, 2.24) is 19.6 Å². The number of likely N-dealkylation sites (tertiary alicyclic amines) is 2. The van der Waals surface area contributed by atoms with Crippen LogP contribution >= 0.6 is 0 Å². The summed E-state index contributed by atoms with van der Waals surface area (Å²) in [6.45, 7) is 3.78. The summed E-state index contributed by atoms with van der Waals surface area (Å²) in [4.78, 5) is 27.9. The third-order valence-corrected chi connectivity index (χ3v) is 6.17. The van der Waals surface area contributed by atoms with Gasteiger partial charge < -0.3 is 15.1 Å². The van der Waals surface area contributed by atoms with Crippen molar-refractivity contribution in [3.63, 3.8) is 0 Å². The molecule has 0 radical (unpaired) electrons. The number of carbonyl (C=O) groups excluding carboxylic acids is 2. The van der Waals surface area contributed by atoms with E-state index >= 15 is 0 Å². The average molecular weight is 395 g/mol. The molecule has 1 aromatic heterocycles. The van der Waals surface area contributed by atoms with Gasteiger partial charge in [0.25, 0.3) is 6.43 Å². The molecular formula is C19H27F2N5O2. The number of hydrogen-bond donors (Lipinski definition) is 1. The monoisotopic (exact) mass is 395 g/mol. The third-order valence-electron chi connectivity index (χ3n) is 6.17. The molecule has 2 fully saturated rings. The topological polar surface area (TPSA) is 70.5 Å². The Morgan fingerprint density at radius 1 is 1.36 bits per heavy atom. The predicted octanol–water partition coefficient (Wildman–Crippen LogP) is 2.04. The summed E-state index contributed by atoms with van der Waals surface area (Å²) in [5.74, 6) is 0.740. The maximum Gasteiger partial charge on any atom is 0.260 e. The Morgan fingerprint density at radius 3 is 2.89 bits per heavy atom. The number of amides is 2. The molecule has 28 heavy (non-hydrogen) atoms. The molecule has 3 aliphatic rings. The fourth-order valence-electron chi connectivity index (χ4n) is 4.71. The van der Waals surface area contributed by atoms with E-state index in [-0.39, 0.29) is 30.3 Å². The smallest absolute Gasteiger partial charge is 0.260 e. The Morgan fingerprint density at radius 2 is 2.18 bits per heavy atom. The molecule has 2 amide bonds. The van der Waals surface area contributed by atoms with Gasteiger partial charge in [0.05, 0.1) is 12.2 Å². The Kier molecular flexibility index (Phi) is 5.25. The van der Waals surface area contributed by atoms with Crippen molar-refractivity contribution >= 4 is 17.6 Å². The van der Waals surface area contributed by atoms with Crippen LogP contribution in [0.3, 0.4) is 0 Å². The fourth-order valence-corrected chi connectivity index (χ4v) is 4.71. The quantitative estimate of drug-likeness (QED) is 0.847. The van der Waals surface area contributed by atoms with Crippen molar-refractivity contribution in [2.75, 3.05) is 31.5 Å². The van der Waals surface area contributed by atoms with E-state index in [2.05, 4.69) is 10.4 Å². The van der Waals surface area contributed by atoms with Crippen LogP contribution in [-0.4, -0.2) is 70.0 Å². The van der Waals surface area contributed by atoms with Crippen LogP contribution in [0.25, 0.3) is 0 Å². The summed E-state index contributed by atoms with van der Waals surface area (Å²) in [7, 11) is 0. The molecule has 0 aromatic carbocycles. The van der Waals surface area contributed by atoms with E-state index in [1.54, 1.807) is 22.8 Å². The first kappa shape index (κ1) is 19.1. The highest BCUT2D eigenvalue weighted by molar-refractivity contribution is 5.85. The molecule has 1 N–H and O–H groups in total. The molecule has 0 saturated carbocycles. The van der Waals surface area contributed by atoms with Gasteiger partial charge in [-0.05, 0) is 38.5 Å². The summed E-state index contributed by atoms with van der Waals surface area (Å²) in [5, 5.41) is 7.59. The number of piperidine rings is 1. The first-order valence-corrected chi connectivity index (χ1v) is 10.1. The Hall–Kier alpha value is -2.19. The number of aryl methyl sites for hydroxylation is 1. The molecule has 0 aliphatic carbocycles. The molecule has 154 valence electrons. The van der Waals surface area contributed by atoms with Crippen molar-refractivity contribution < 1.29 is 18.4 Å². The zero-order valence-corrected chi connectivity index (χ0v) is 16.1. The summed E-state index contributed by atoms with van der Waals surface area (Å²) >= 11 is 0. The third kappa shape index (κ3) is 3.71. The molecular weight excluding hydrogens is 368 g/mol. The van der Waals surface area contributed by atoms with Gasteiger partial charge in [-0.2, -0.15) is 5.10 Å². The number of hydrogen-bond acceptors (Lipinski definition) is 4. The number of anilines is 1. The zero-order chi connectivity index (χ0) is 19.8. The summed E-state index contributed by atoms with van der Waals surface area (Å²) in [6, 6.07) is 0.738. The predicted molar refractivity (Wildman–Crippen MR) is 99.2 cm³/mol. The summed E-state index contributed by atoms with van der Waals surface area (Å²) < 4.78 is 28.7. The standard InChI is InChI=1S/C19H27F2N5O2/c1-12-8-16-22-14(9-15(19(20)21)26(16)23-12)13-4-2-6-24(10-13)18(28)11-25-7-3-5-17(25)27/h8,13-15,19,22H,2-7,9-11H2,1H3/t13-,14+,15-/m1/s1. The zero-order valence-electron chi connectivity index (χ0n) is 16.1. The molecule has 7 nitrogen and oxygen atoms in total. The maximum absolute atomic E-state index is 13.6. The second-order valence-corrected chi connectivity index (χ2v) is 8.16. The number of halogens is 2. The molecule has 3 atom stereocenters. The molecule has 4 rings (SSSR count). The number of carbonyl (C=O) groups is 2. The van der Waals surface area contributed by atoms with E-state index in [1.165, 1.54) is 4.68 Å². The van der Waals surface area contributed by atoms with Crippen molar-refractivity contribution in [2.45, 2.75) is 57.5 Å². The van der Waals surface area contributed by atoms with Crippen LogP contribution in [0.15, 0.2) is 6.07 Å². The average Bonchev–Trinajstić information content (AvgIpc) is 3.25. The molecule has 1 aromatic rings. The Bertz CT molecular complexity index is 753. The van der Waals surface area contributed by atoms with Crippen molar-refractivity contribution in [3.05, 3.63) is 11.8 Å². The van der Waals surface area contributed by atoms with E-state index in [0.717, 1.165) is 19.3 Å². The minimum atomic E-state index is -2.48. The van der Waals surface area contributed by atoms with Crippen LogP contribution < -0.4 is 5.32 Å². The van der Waals surface area contributed by atoms with Crippen molar-refractivity contribution in [1.29, 1.82) is 0 Å². The van der Waals surface area contributed by atoms with Crippen LogP contribution in [0, 0.1) is 12.8 Å². The Balaban J connectivity index is 1.43. The Labute approximate surface area is 163 Å². The summed E-state index contributed by atoms with van der Waals surface area (Å²) in [5.41, 5.74) is 0.713. The first-order valence-electron chi connectivity index (χ1n) is 10.1. The highest BCUT2D eigenvalue weighted by Crippen LogP contribution is 2.36. The second-order valence-electron chi connectivity index (χ2n) is 8.16. The van der Waals surface area contributed by atoms with E-state index in [0.29, 0.717) is 44.0 Å². The highest BCUT2D eigenvalue weighted by Gasteiger charge is 2.39. The normalized spacial score (nSPS) is 27.9. The van der Waals surface area contributed by atoms with Gasteiger partial charge in [-0.3, -0.25) is 9.59 Å². The van der Waals surface area contributed by atoms with E-state index in [1.807, 2.05) is 0 Å². The van der Waals surface area contributed by atoms with Crippen LogP contribution in [0.4, 0.5) is 14.6 Å². The highest BCUT2D eigenvalue weighted by atomic mass is 19.3. The SMILES string of the molecule is Cc1cc2n(n1)[C@@H](C(F)F)C[C@@H]([C@@H]1CCCN(C(=O)CN3CCCC3=O)C1)N2. The molecule has 2 saturated heterocycles. The summed E-state index contributed by atoms with van der Waals surface area (Å²) in [6.07, 6.45) is 0.883. The molecule has 3 aliphatic heterocycles. The second kappa shape index (κ2) is 7.67. The number of nitrogens with one attached hydrogen (secondary N) is 1. The lowest BCUT2D eigenvalue weighted by Gasteiger charge is -2.41. The molecule has 9 heteroatoms. The minimum absolute atomic E-state index is 0.0398. The van der Waals surface area contributed by atoms with Crippen molar-refractivity contribution in [3.8, 4) is 0 Å². The molecule has 0 bridgehead atoms. The van der Waals surface area contributed by atoms with E-state index in [4.69, 9.17) is 0 Å². The fraction of sp³-hybridized carbons (Fsp3) is 0.737. The number of fused-ring (bicyclic) bond motifs is 1. The van der Waals surface area contributed by atoms with Gasteiger partial charge in [0.2, 0.25) is 11.8 Å². The maximum atomic E-state index is 13.6. The van der Waals surface area contributed by atoms with Gasteiger partial charge in [-0.15, -0.1) is 0 Å². The van der Waals surface area contributed by atoms with Crippen molar-refractivity contribution in [2.24, 2.45) is 5.92 Å². The molecule has 0 unspecified atom stereocenters. The molecule has 4 heterocycles. The van der Waals surface area contributed by atoms with Gasteiger partial charge in [-0.1, -0.05) is 0 Å². The number of rotatable bonds is 4. The lowest BCUT2D eigenvalue weighted by Crippen LogP contribution is -2.50. The van der Waals surface area contributed by atoms with Gasteiger partial charge in [0, 0.05) is 38.2 Å². The van der Waals surface area contributed by atoms with Crippen LogP contribution in [0.5, 0.6) is 0 Å². The van der Waals surface area contributed by atoms with E-state index in [9.17, 15) is 18.4 Å². The van der Waals surface area contributed by atoms with Gasteiger partial charge >= 0.3 is 0 Å². The largest absolute Gasteiger partial charge is 0.367 e. The number of aromatic nitrogens is 2. The molecule has 0 spiro atoms. The van der Waals surface area contributed by atoms with E-state index < -0.39 is 12.5 Å². The first-order chi connectivity index (χ1) is 13.4.